The Kier molecular flexibility index (Phi) is 7.79. The molecule has 2 aromatic carbocycles. The summed E-state index contributed by atoms with van der Waals surface area (Å²) in [7, 11) is 0. The van der Waals surface area contributed by atoms with Crippen molar-refractivity contribution in [3.8, 4) is 0 Å². The molecule has 0 atom stereocenters. The van der Waals surface area contributed by atoms with Crippen LogP contribution in [0.1, 0.15) is 42.4 Å². The maximum Gasteiger partial charge on any atom is 0.260 e. The van der Waals surface area contributed by atoms with Crippen LogP contribution in [0.2, 0.25) is 0 Å². The molecule has 0 saturated heterocycles. The lowest BCUT2D eigenvalue weighted by atomic mass is 10.0. The minimum atomic E-state index is -0.454. The lowest BCUT2D eigenvalue weighted by Crippen LogP contribution is -2.31. The fourth-order valence-corrected chi connectivity index (χ4v) is 2.78. The van der Waals surface area contributed by atoms with E-state index in [-0.39, 0.29) is 6.42 Å². The highest BCUT2D eigenvalue weighted by molar-refractivity contribution is 5.75. The second-order valence-electron chi connectivity index (χ2n) is 6.18. The first-order valence-electron chi connectivity index (χ1n) is 8.71. The molecule has 2 rings (SSSR count). The number of carbonyl (C=O) groups is 1. The van der Waals surface area contributed by atoms with Gasteiger partial charge in [0.15, 0.2) is 0 Å². The molecule has 2 aromatic rings. The maximum absolute atomic E-state index is 11.4. The summed E-state index contributed by atoms with van der Waals surface area (Å²) in [4.78, 5) is 21.5. The molecule has 5 nitrogen and oxygen atoms in total. The highest BCUT2D eigenvalue weighted by Crippen LogP contribution is 2.12. The van der Waals surface area contributed by atoms with Crippen molar-refractivity contribution in [1.29, 1.82) is 0 Å². The third kappa shape index (κ3) is 6.85. The number of hydrogen-bond donors (Lipinski definition) is 1. The fourth-order valence-electron chi connectivity index (χ4n) is 2.78. The largest absolute Gasteiger partial charge is 0.271 e. The molecule has 0 heterocycles. The quantitative estimate of drug-likeness (QED) is 0.234. The average molecular weight is 339 g/mol. The summed E-state index contributed by atoms with van der Waals surface area (Å²) in [6.07, 6.45) is 6.23. The molecule has 0 aromatic heterocycles. The topological polar surface area (TPSA) is 75.8 Å². The van der Waals surface area contributed by atoms with Gasteiger partial charge in [-0.1, -0.05) is 54.6 Å². The summed E-state index contributed by atoms with van der Waals surface area (Å²) in [5, 5.41) is 2.75. The predicted octanol–water partition coefficient (Wildman–Crippen LogP) is 3.96. The van der Waals surface area contributed by atoms with E-state index in [1.807, 2.05) is 6.07 Å². The van der Waals surface area contributed by atoms with E-state index in [4.69, 9.17) is 5.84 Å². The lowest BCUT2D eigenvalue weighted by molar-refractivity contribution is -0.131. The summed E-state index contributed by atoms with van der Waals surface area (Å²) in [5.41, 5.74) is 3.92. The van der Waals surface area contributed by atoms with Crippen molar-refractivity contribution in [2.24, 2.45) is 11.1 Å². The molecule has 0 aliphatic heterocycles. The number of carbonyl (C=O) groups excluding carboxylic acids is 1. The molecule has 0 radical (unpaired) electrons. The van der Waals surface area contributed by atoms with Crippen molar-refractivity contribution >= 4 is 5.91 Å². The first-order valence-corrected chi connectivity index (χ1v) is 8.71. The van der Waals surface area contributed by atoms with Gasteiger partial charge in [-0.25, -0.2) is 5.84 Å². The molecule has 0 saturated carbocycles. The number of amides is 1. The van der Waals surface area contributed by atoms with Crippen molar-refractivity contribution in [2.45, 2.75) is 44.9 Å². The number of rotatable bonds is 10. The SMILES string of the molecule is NN(N=O)C(=O)CCCc1ccc(CCCCc2ccccc2)cc1. The number of hydrogen-bond acceptors (Lipinski definition) is 4. The maximum atomic E-state index is 11.4. The van der Waals surface area contributed by atoms with Crippen LogP contribution >= 0.6 is 0 Å². The van der Waals surface area contributed by atoms with Gasteiger partial charge >= 0.3 is 0 Å². The minimum Gasteiger partial charge on any atom is -0.271 e. The van der Waals surface area contributed by atoms with E-state index in [9.17, 15) is 9.70 Å². The first kappa shape index (κ1) is 18.8. The Labute approximate surface area is 148 Å². The van der Waals surface area contributed by atoms with Gasteiger partial charge in [0.05, 0.1) is 5.29 Å². The second-order valence-corrected chi connectivity index (χ2v) is 6.18. The van der Waals surface area contributed by atoms with Gasteiger partial charge in [0.2, 0.25) is 0 Å². The fraction of sp³-hybridized carbons (Fsp3) is 0.350. The van der Waals surface area contributed by atoms with Crippen molar-refractivity contribution in [3.05, 3.63) is 76.2 Å². The number of nitrogens with zero attached hydrogens (tertiary/aromatic N) is 2. The van der Waals surface area contributed by atoms with Crippen molar-refractivity contribution in [1.82, 2.24) is 5.12 Å². The van der Waals surface area contributed by atoms with Crippen molar-refractivity contribution in [2.75, 3.05) is 0 Å². The highest BCUT2D eigenvalue weighted by Gasteiger charge is 2.08. The number of nitrogens with two attached hydrogens (primary N) is 1. The standard InChI is InChI=1S/C20H25N3O2/c21-23(22-25)20(24)12-6-11-19-15-13-18(14-16-19)10-5-4-9-17-7-2-1-3-8-17/h1-3,7-8,13-16H,4-6,9-12,21H2. The van der Waals surface area contributed by atoms with E-state index >= 15 is 0 Å². The Bertz CT molecular complexity index is 656. The second kappa shape index (κ2) is 10.4. The molecular weight excluding hydrogens is 314 g/mol. The van der Waals surface area contributed by atoms with E-state index in [0.29, 0.717) is 11.5 Å². The summed E-state index contributed by atoms with van der Waals surface area (Å²) >= 11 is 0. The summed E-state index contributed by atoms with van der Waals surface area (Å²) < 4.78 is 0. The molecule has 0 spiro atoms. The third-order valence-electron chi connectivity index (χ3n) is 4.25. The number of aryl methyl sites for hydroxylation is 3. The zero-order valence-electron chi connectivity index (χ0n) is 14.4. The van der Waals surface area contributed by atoms with Crippen LogP contribution in [0.25, 0.3) is 0 Å². The van der Waals surface area contributed by atoms with E-state index in [1.165, 1.54) is 29.5 Å². The molecule has 0 bridgehead atoms. The zero-order chi connectivity index (χ0) is 17.9. The number of hydrazine groups is 1. The molecule has 132 valence electrons. The molecule has 2 N–H and O–H groups in total. The van der Waals surface area contributed by atoms with E-state index in [1.54, 1.807) is 0 Å². The number of benzene rings is 2. The Balaban J connectivity index is 1.65. The van der Waals surface area contributed by atoms with Gasteiger partial charge in [-0.2, -0.15) is 0 Å². The van der Waals surface area contributed by atoms with Crippen LogP contribution in [-0.4, -0.2) is 11.0 Å². The van der Waals surface area contributed by atoms with Crippen molar-refractivity contribution < 1.29 is 4.79 Å². The number of unbranched alkanes of at least 4 members (excludes halogenated alkanes) is 1. The van der Waals surface area contributed by atoms with Crippen LogP contribution in [0.3, 0.4) is 0 Å². The monoisotopic (exact) mass is 339 g/mol. The highest BCUT2D eigenvalue weighted by atomic mass is 16.3. The van der Waals surface area contributed by atoms with Gasteiger partial charge in [0.1, 0.15) is 0 Å². The van der Waals surface area contributed by atoms with Crippen LogP contribution in [0, 0.1) is 4.91 Å². The summed E-state index contributed by atoms with van der Waals surface area (Å²) in [5.74, 6) is 4.66. The van der Waals surface area contributed by atoms with Crippen LogP contribution < -0.4 is 5.84 Å². The van der Waals surface area contributed by atoms with Gasteiger partial charge < -0.3 is 0 Å². The van der Waals surface area contributed by atoms with Crippen LogP contribution in [0.5, 0.6) is 0 Å². The van der Waals surface area contributed by atoms with Crippen molar-refractivity contribution in [3.63, 3.8) is 0 Å². The Hall–Kier alpha value is -2.53. The normalized spacial score (nSPS) is 10.4. The molecule has 0 aliphatic carbocycles. The lowest BCUT2D eigenvalue weighted by Gasteiger charge is -2.07. The molecule has 5 heteroatoms. The van der Waals surface area contributed by atoms with Gasteiger partial charge in [0, 0.05) is 6.42 Å². The molecule has 1 amide bonds. The molecule has 0 unspecified atom stereocenters. The minimum absolute atomic E-state index is 0.226. The third-order valence-corrected chi connectivity index (χ3v) is 4.25. The Morgan fingerprint density at radius 3 is 1.80 bits per heavy atom. The molecule has 25 heavy (non-hydrogen) atoms. The Morgan fingerprint density at radius 2 is 1.28 bits per heavy atom. The van der Waals surface area contributed by atoms with E-state index in [0.717, 1.165) is 19.3 Å². The number of nitroso groups, excluding NO2 is 1. The van der Waals surface area contributed by atoms with Gasteiger partial charge in [-0.3, -0.25) is 4.79 Å². The van der Waals surface area contributed by atoms with E-state index in [2.05, 4.69) is 53.8 Å². The summed E-state index contributed by atoms with van der Waals surface area (Å²) in [6.45, 7) is 0. The van der Waals surface area contributed by atoms with Gasteiger partial charge in [0.25, 0.3) is 5.91 Å². The summed E-state index contributed by atoms with van der Waals surface area (Å²) in [6, 6.07) is 19.1. The van der Waals surface area contributed by atoms with Gasteiger partial charge in [-0.05, 0) is 55.2 Å². The van der Waals surface area contributed by atoms with Crippen LogP contribution in [-0.2, 0) is 24.1 Å². The predicted molar refractivity (Wildman–Crippen MR) is 99.3 cm³/mol. The Morgan fingerprint density at radius 1 is 0.800 bits per heavy atom. The molecule has 0 aliphatic rings. The molecule has 0 fully saturated rings. The van der Waals surface area contributed by atoms with Gasteiger partial charge in [-0.15, -0.1) is 10.0 Å². The van der Waals surface area contributed by atoms with Crippen LogP contribution in [0.4, 0.5) is 0 Å². The molecular formula is C20H25N3O2. The zero-order valence-corrected chi connectivity index (χ0v) is 14.4. The van der Waals surface area contributed by atoms with Crippen LogP contribution in [0.15, 0.2) is 59.9 Å². The average Bonchev–Trinajstić information content (AvgIpc) is 2.66. The van der Waals surface area contributed by atoms with E-state index < -0.39 is 5.91 Å². The first-order chi connectivity index (χ1) is 12.2. The smallest absolute Gasteiger partial charge is 0.260 e.